The third-order valence-electron chi connectivity index (χ3n) is 5.56. The van der Waals surface area contributed by atoms with Gasteiger partial charge < -0.3 is 24.3 Å². The number of fused-ring (bicyclic) bond motifs is 1. The number of rotatable bonds is 11. The molecular weight excluding hydrogens is 442 g/mol. The predicted molar refractivity (Wildman–Crippen MR) is 123 cm³/mol. The first kappa shape index (κ1) is 24.8. The van der Waals surface area contributed by atoms with Gasteiger partial charge in [-0.2, -0.15) is 4.99 Å². The van der Waals surface area contributed by atoms with Gasteiger partial charge in [0, 0.05) is 25.6 Å². The number of aliphatic imine (C=N–C) groups is 1. The minimum absolute atomic E-state index is 0.122. The van der Waals surface area contributed by atoms with Crippen molar-refractivity contribution in [2.24, 2.45) is 10.9 Å². The van der Waals surface area contributed by atoms with Crippen molar-refractivity contribution in [3.05, 3.63) is 47.4 Å². The highest BCUT2D eigenvalue weighted by Gasteiger charge is 2.38. The number of urea groups is 1. The SMILES string of the molecule is COC1=CC2=NC(=O)N(CCCCC(=O)NCc3ccc(OC)c(OC)c3)C(=O)C2C=C1OC. The Balaban J connectivity index is 1.47. The monoisotopic (exact) mass is 471 g/mol. The molecule has 0 aromatic heterocycles. The Morgan fingerprint density at radius 2 is 1.74 bits per heavy atom. The fourth-order valence-electron chi connectivity index (χ4n) is 3.72. The van der Waals surface area contributed by atoms with E-state index in [1.165, 1.54) is 14.2 Å². The zero-order valence-electron chi connectivity index (χ0n) is 19.8. The number of unbranched alkanes of at least 4 members (excludes halogenated alkanes) is 1. The van der Waals surface area contributed by atoms with Crippen molar-refractivity contribution >= 4 is 23.6 Å². The lowest BCUT2D eigenvalue weighted by molar-refractivity contribution is -0.129. The molecule has 1 aromatic carbocycles. The molecule has 3 rings (SSSR count). The van der Waals surface area contributed by atoms with Crippen molar-refractivity contribution in [3.63, 3.8) is 0 Å². The van der Waals surface area contributed by atoms with Crippen LogP contribution >= 0.6 is 0 Å². The van der Waals surface area contributed by atoms with Gasteiger partial charge in [0.2, 0.25) is 11.8 Å². The Kier molecular flexibility index (Phi) is 8.29. The number of ether oxygens (including phenoxy) is 4. The van der Waals surface area contributed by atoms with Gasteiger partial charge in [-0.15, -0.1) is 0 Å². The van der Waals surface area contributed by atoms with Crippen molar-refractivity contribution in [1.82, 2.24) is 10.2 Å². The first-order valence-corrected chi connectivity index (χ1v) is 10.8. The molecule has 1 atom stereocenters. The summed E-state index contributed by atoms with van der Waals surface area (Å²) in [6, 6.07) is 4.82. The number of nitrogens with zero attached hydrogens (tertiary/aromatic N) is 2. The smallest absolute Gasteiger partial charge is 0.350 e. The van der Waals surface area contributed by atoms with Crippen LogP contribution in [0.5, 0.6) is 11.5 Å². The number of allylic oxidation sites excluding steroid dienone is 1. The zero-order chi connectivity index (χ0) is 24.7. The highest BCUT2D eigenvalue weighted by molar-refractivity contribution is 6.22. The van der Waals surface area contributed by atoms with Crippen molar-refractivity contribution in [3.8, 4) is 11.5 Å². The molecule has 10 heteroatoms. The molecule has 1 N–H and O–H groups in total. The molecule has 1 aliphatic heterocycles. The Morgan fingerprint density at radius 3 is 2.41 bits per heavy atom. The van der Waals surface area contributed by atoms with E-state index in [-0.39, 0.29) is 24.8 Å². The lowest BCUT2D eigenvalue weighted by atomic mass is 9.93. The lowest BCUT2D eigenvalue weighted by Crippen LogP contribution is -2.47. The van der Waals surface area contributed by atoms with E-state index in [2.05, 4.69) is 10.3 Å². The summed E-state index contributed by atoms with van der Waals surface area (Å²) in [5.41, 5.74) is 1.21. The van der Waals surface area contributed by atoms with Gasteiger partial charge in [-0.25, -0.2) is 4.79 Å². The van der Waals surface area contributed by atoms with Gasteiger partial charge in [-0.05, 0) is 36.6 Å². The third kappa shape index (κ3) is 5.56. The molecule has 182 valence electrons. The third-order valence-corrected chi connectivity index (χ3v) is 5.56. The van der Waals surface area contributed by atoms with E-state index in [0.29, 0.717) is 48.1 Å². The molecule has 0 bridgehead atoms. The highest BCUT2D eigenvalue weighted by atomic mass is 16.5. The molecule has 0 spiro atoms. The number of imide groups is 1. The molecule has 0 saturated carbocycles. The van der Waals surface area contributed by atoms with E-state index in [1.54, 1.807) is 38.5 Å². The number of benzene rings is 1. The second kappa shape index (κ2) is 11.4. The van der Waals surface area contributed by atoms with Crippen LogP contribution in [0.25, 0.3) is 0 Å². The van der Waals surface area contributed by atoms with Gasteiger partial charge in [-0.3, -0.25) is 14.5 Å². The summed E-state index contributed by atoms with van der Waals surface area (Å²) >= 11 is 0. The normalized spacial score (nSPS) is 17.2. The molecule has 34 heavy (non-hydrogen) atoms. The quantitative estimate of drug-likeness (QED) is 0.493. The van der Waals surface area contributed by atoms with Crippen LogP contribution in [-0.4, -0.2) is 63.4 Å². The second-order valence-electron chi connectivity index (χ2n) is 7.66. The van der Waals surface area contributed by atoms with E-state index in [4.69, 9.17) is 18.9 Å². The molecule has 0 saturated heterocycles. The number of hydrogen-bond donors (Lipinski definition) is 1. The fraction of sp³-hybridized carbons (Fsp3) is 0.417. The van der Waals surface area contributed by atoms with Gasteiger partial charge >= 0.3 is 6.03 Å². The average Bonchev–Trinajstić information content (AvgIpc) is 2.85. The van der Waals surface area contributed by atoms with E-state index >= 15 is 0 Å². The Morgan fingerprint density at radius 1 is 1.00 bits per heavy atom. The van der Waals surface area contributed by atoms with Crippen molar-refractivity contribution in [2.45, 2.75) is 25.8 Å². The maximum atomic E-state index is 12.9. The fourth-order valence-corrected chi connectivity index (χ4v) is 3.72. The average molecular weight is 472 g/mol. The summed E-state index contributed by atoms with van der Waals surface area (Å²) in [4.78, 5) is 42.6. The summed E-state index contributed by atoms with van der Waals surface area (Å²) in [6.45, 7) is 0.539. The molecule has 4 amide bonds. The number of nitrogens with one attached hydrogen (secondary N) is 1. The molecule has 0 radical (unpaired) electrons. The number of hydrogen-bond acceptors (Lipinski definition) is 7. The van der Waals surface area contributed by atoms with Gasteiger partial charge in [0.25, 0.3) is 0 Å². The Labute approximate surface area is 198 Å². The first-order valence-electron chi connectivity index (χ1n) is 10.8. The van der Waals surface area contributed by atoms with Gasteiger partial charge in [0.15, 0.2) is 23.0 Å². The van der Waals surface area contributed by atoms with E-state index in [1.807, 2.05) is 6.07 Å². The minimum atomic E-state index is -0.698. The molecule has 1 heterocycles. The van der Waals surface area contributed by atoms with Crippen molar-refractivity contribution in [2.75, 3.05) is 35.0 Å². The first-order chi connectivity index (χ1) is 16.4. The molecule has 0 fully saturated rings. The lowest BCUT2D eigenvalue weighted by Gasteiger charge is -2.29. The van der Waals surface area contributed by atoms with E-state index < -0.39 is 11.9 Å². The van der Waals surface area contributed by atoms with Crippen LogP contribution in [0.3, 0.4) is 0 Å². The molecule has 1 unspecified atom stereocenters. The van der Waals surface area contributed by atoms with Crippen LogP contribution in [0.2, 0.25) is 0 Å². The van der Waals surface area contributed by atoms with Crippen LogP contribution in [0.1, 0.15) is 24.8 Å². The van der Waals surface area contributed by atoms with Crippen LogP contribution < -0.4 is 14.8 Å². The predicted octanol–water partition coefficient (Wildman–Crippen LogP) is 2.58. The van der Waals surface area contributed by atoms with Crippen molar-refractivity contribution < 1.29 is 33.3 Å². The highest BCUT2D eigenvalue weighted by Crippen LogP contribution is 2.28. The minimum Gasteiger partial charge on any atom is -0.493 e. The van der Waals surface area contributed by atoms with E-state index in [9.17, 15) is 14.4 Å². The summed E-state index contributed by atoms with van der Waals surface area (Å²) in [7, 11) is 6.07. The largest absolute Gasteiger partial charge is 0.493 e. The maximum Gasteiger partial charge on any atom is 0.350 e. The Bertz CT molecular complexity index is 1050. The number of amides is 4. The second-order valence-corrected chi connectivity index (χ2v) is 7.66. The van der Waals surface area contributed by atoms with Gasteiger partial charge in [0.05, 0.1) is 34.2 Å². The van der Waals surface area contributed by atoms with E-state index in [0.717, 1.165) is 10.5 Å². The van der Waals surface area contributed by atoms with Crippen LogP contribution in [0.15, 0.2) is 46.9 Å². The standard InChI is InChI=1S/C24H29N3O7/c1-31-18-9-8-15(11-19(18)32-2)14-25-22(28)7-5-6-10-27-23(29)16-12-20(33-3)21(34-4)13-17(16)26-24(27)30/h8-9,11-13,16H,5-7,10,14H2,1-4H3,(H,25,28). The molecule has 10 nitrogen and oxygen atoms in total. The summed E-state index contributed by atoms with van der Waals surface area (Å²) < 4.78 is 20.9. The van der Waals surface area contributed by atoms with Crippen LogP contribution in [0.4, 0.5) is 4.79 Å². The summed E-state index contributed by atoms with van der Waals surface area (Å²) in [6.07, 6.45) is 4.41. The molecule has 2 aliphatic rings. The zero-order valence-corrected chi connectivity index (χ0v) is 19.8. The molecular formula is C24H29N3O7. The number of methoxy groups -OCH3 is 4. The Hall–Kier alpha value is -3.82. The number of carbonyl (C=O) groups excluding carboxylic acids is 3. The van der Waals surface area contributed by atoms with Gasteiger partial charge in [0.1, 0.15) is 5.92 Å². The molecule has 1 aliphatic carbocycles. The van der Waals surface area contributed by atoms with Crippen LogP contribution in [0, 0.1) is 5.92 Å². The van der Waals surface area contributed by atoms with Crippen molar-refractivity contribution in [1.29, 1.82) is 0 Å². The molecule has 1 aromatic rings. The van der Waals surface area contributed by atoms with Crippen LogP contribution in [-0.2, 0) is 25.6 Å². The van der Waals surface area contributed by atoms with Gasteiger partial charge in [-0.1, -0.05) is 6.07 Å². The topological polar surface area (TPSA) is 116 Å². The number of carbonyl (C=O) groups is 3. The summed E-state index contributed by atoms with van der Waals surface area (Å²) in [5, 5.41) is 2.86. The maximum absolute atomic E-state index is 12.9. The summed E-state index contributed by atoms with van der Waals surface area (Å²) in [5.74, 6) is 0.850.